The second-order valence-electron chi connectivity index (χ2n) is 8.06. The smallest absolute Gasteiger partial charge is 0.228 e. The molecule has 2 N–H and O–H groups in total. The Hall–Kier alpha value is -2.92. The van der Waals surface area contributed by atoms with Crippen LogP contribution in [0.4, 0.5) is 5.69 Å². The Labute approximate surface area is 172 Å². The minimum atomic E-state index is 0.00594. The molecule has 0 saturated carbocycles. The maximum atomic E-state index is 12.9. The number of benzene rings is 2. The summed E-state index contributed by atoms with van der Waals surface area (Å²) in [6.07, 6.45) is 1.96. The Morgan fingerprint density at radius 1 is 1.14 bits per heavy atom. The Morgan fingerprint density at radius 2 is 1.93 bits per heavy atom. The molecule has 1 aromatic heterocycles. The summed E-state index contributed by atoms with van der Waals surface area (Å²) in [7, 11) is 0. The van der Waals surface area contributed by atoms with Crippen LogP contribution in [0.2, 0.25) is 0 Å². The van der Waals surface area contributed by atoms with Gasteiger partial charge in [-0.2, -0.15) is 5.10 Å². The van der Waals surface area contributed by atoms with Gasteiger partial charge in [0, 0.05) is 24.5 Å². The van der Waals surface area contributed by atoms with E-state index in [2.05, 4.69) is 69.8 Å². The largest absolute Gasteiger partial charge is 0.326 e. The molecule has 29 heavy (non-hydrogen) atoms. The number of nitrogens with zero attached hydrogens (tertiary/aromatic N) is 2. The number of hydrogen-bond acceptors (Lipinski definition) is 3. The number of rotatable bonds is 5. The summed E-state index contributed by atoms with van der Waals surface area (Å²) < 4.78 is 0. The molecule has 150 valence electrons. The number of anilines is 1. The van der Waals surface area contributed by atoms with Crippen molar-refractivity contribution < 1.29 is 4.79 Å². The van der Waals surface area contributed by atoms with E-state index in [1.807, 2.05) is 19.1 Å². The molecule has 4 rings (SSSR count). The summed E-state index contributed by atoms with van der Waals surface area (Å²) in [5.41, 5.74) is 6.47. The standard InChI is InChI=1S/C24H28N4O/c1-17-6-3-7-19(12-17)20-8-4-10-22(14-20)25-24(29)21-9-5-11-28(15-21)16-23-13-18(2)26-27-23/h3-4,6-8,10,12-14,21H,5,9,11,15-16H2,1-2H3,(H,25,29)(H,26,27). The van der Waals surface area contributed by atoms with Gasteiger partial charge in [0.1, 0.15) is 0 Å². The molecule has 5 heteroatoms. The first kappa shape index (κ1) is 19.4. The topological polar surface area (TPSA) is 61.0 Å². The Balaban J connectivity index is 1.40. The third-order valence-electron chi connectivity index (χ3n) is 5.50. The zero-order chi connectivity index (χ0) is 20.2. The van der Waals surface area contributed by atoms with Gasteiger partial charge in [0.15, 0.2) is 0 Å². The van der Waals surface area contributed by atoms with Crippen LogP contribution in [0.25, 0.3) is 11.1 Å². The number of aromatic amines is 1. The fourth-order valence-electron chi connectivity index (χ4n) is 4.04. The molecule has 1 atom stereocenters. The predicted molar refractivity (Wildman–Crippen MR) is 117 cm³/mol. The minimum Gasteiger partial charge on any atom is -0.326 e. The van der Waals surface area contributed by atoms with Gasteiger partial charge in [0.25, 0.3) is 0 Å². The summed E-state index contributed by atoms with van der Waals surface area (Å²) in [6, 6.07) is 18.6. The maximum Gasteiger partial charge on any atom is 0.228 e. The predicted octanol–water partition coefficient (Wildman–Crippen LogP) is 4.54. The zero-order valence-corrected chi connectivity index (χ0v) is 17.1. The Morgan fingerprint density at radius 3 is 2.69 bits per heavy atom. The van der Waals surface area contributed by atoms with Gasteiger partial charge in [-0.3, -0.25) is 14.8 Å². The van der Waals surface area contributed by atoms with Crippen molar-refractivity contribution in [1.82, 2.24) is 15.1 Å². The fraction of sp³-hybridized carbons (Fsp3) is 0.333. The molecule has 1 amide bonds. The molecule has 0 radical (unpaired) electrons. The third kappa shape index (κ3) is 4.93. The first-order chi connectivity index (χ1) is 14.1. The molecule has 5 nitrogen and oxygen atoms in total. The SMILES string of the molecule is Cc1cccc(-c2cccc(NC(=O)C3CCCN(Cc4cc(C)[nH]n4)C3)c2)c1. The van der Waals surface area contributed by atoms with E-state index in [1.165, 1.54) is 11.1 Å². The number of carbonyl (C=O) groups excluding carboxylic acids is 1. The number of H-pyrrole nitrogens is 1. The number of aromatic nitrogens is 2. The molecule has 1 aliphatic heterocycles. The van der Waals surface area contributed by atoms with Crippen molar-refractivity contribution in [1.29, 1.82) is 0 Å². The maximum absolute atomic E-state index is 12.9. The minimum absolute atomic E-state index is 0.00594. The molecular formula is C24H28N4O. The lowest BCUT2D eigenvalue weighted by Gasteiger charge is -2.31. The van der Waals surface area contributed by atoms with Gasteiger partial charge in [-0.1, -0.05) is 42.0 Å². The van der Waals surface area contributed by atoms with E-state index >= 15 is 0 Å². The van der Waals surface area contributed by atoms with Crippen molar-refractivity contribution in [2.75, 3.05) is 18.4 Å². The van der Waals surface area contributed by atoms with E-state index < -0.39 is 0 Å². The second kappa shape index (κ2) is 8.62. The normalized spacial score (nSPS) is 17.2. The Kier molecular flexibility index (Phi) is 5.76. The van der Waals surface area contributed by atoms with Gasteiger partial charge >= 0.3 is 0 Å². The van der Waals surface area contributed by atoms with Crippen molar-refractivity contribution in [2.45, 2.75) is 33.2 Å². The van der Waals surface area contributed by atoms with E-state index in [0.717, 1.165) is 55.1 Å². The van der Waals surface area contributed by atoms with Crippen LogP contribution >= 0.6 is 0 Å². The van der Waals surface area contributed by atoms with Gasteiger partial charge in [-0.25, -0.2) is 0 Å². The molecule has 2 aromatic carbocycles. The third-order valence-corrected chi connectivity index (χ3v) is 5.50. The zero-order valence-electron chi connectivity index (χ0n) is 17.1. The van der Waals surface area contributed by atoms with Gasteiger partial charge in [-0.05, 0) is 62.6 Å². The number of likely N-dealkylation sites (tertiary alicyclic amines) is 1. The molecular weight excluding hydrogens is 360 g/mol. The highest BCUT2D eigenvalue weighted by Crippen LogP contribution is 2.25. The highest BCUT2D eigenvalue weighted by molar-refractivity contribution is 5.93. The van der Waals surface area contributed by atoms with Crippen molar-refractivity contribution in [3.05, 3.63) is 71.5 Å². The summed E-state index contributed by atoms with van der Waals surface area (Å²) in [5, 5.41) is 10.5. The van der Waals surface area contributed by atoms with Crippen LogP contribution < -0.4 is 5.32 Å². The molecule has 2 heterocycles. The molecule has 0 bridgehead atoms. The lowest BCUT2D eigenvalue weighted by molar-refractivity contribution is -0.121. The van der Waals surface area contributed by atoms with Crippen LogP contribution in [-0.4, -0.2) is 34.1 Å². The van der Waals surface area contributed by atoms with Crippen LogP contribution in [0.1, 0.15) is 29.8 Å². The summed E-state index contributed by atoms with van der Waals surface area (Å²) in [5.74, 6) is 0.112. The molecule has 1 saturated heterocycles. The number of nitrogens with one attached hydrogen (secondary N) is 2. The van der Waals surface area contributed by atoms with Crippen molar-refractivity contribution in [2.24, 2.45) is 5.92 Å². The van der Waals surface area contributed by atoms with E-state index in [4.69, 9.17) is 0 Å². The molecule has 0 spiro atoms. The van der Waals surface area contributed by atoms with Crippen LogP contribution in [0, 0.1) is 19.8 Å². The van der Waals surface area contributed by atoms with E-state index in [9.17, 15) is 4.79 Å². The van der Waals surface area contributed by atoms with Gasteiger partial charge in [-0.15, -0.1) is 0 Å². The second-order valence-corrected chi connectivity index (χ2v) is 8.06. The van der Waals surface area contributed by atoms with Gasteiger partial charge < -0.3 is 5.32 Å². The molecule has 3 aromatic rings. The van der Waals surface area contributed by atoms with Crippen LogP contribution in [0.15, 0.2) is 54.6 Å². The molecule has 1 unspecified atom stereocenters. The average molecular weight is 389 g/mol. The number of amides is 1. The van der Waals surface area contributed by atoms with Crippen molar-refractivity contribution >= 4 is 11.6 Å². The van der Waals surface area contributed by atoms with E-state index in [-0.39, 0.29) is 11.8 Å². The van der Waals surface area contributed by atoms with Gasteiger partial charge in [0.05, 0.1) is 11.6 Å². The summed E-state index contributed by atoms with van der Waals surface area (Å²) in [6.45, 7) is 6.67. The molecule has 1 aliphatic rings. The number of aryl methyl sites for hydroxylation is 2. The first-order valence-electron chi connectivity index (χ1n) is 10.3. The Bertz CT molecular complexity index is 994. The summed E-state index contributed by atoms with van der Waals surface area (Å²) in [4.78, 5) is 15.2. The number of carbonyl (C=O) groups is 1. The molecule has 0 aliphatic carbocycles. The number of hydrogen-bond donors (Lipinski definition) is 2. The quantitative estimate of drug-likeness (QED) is 0.674. The average Bonchev–Trinajstić information content (AvgIpc) is 3.13. The van der Waals surface area contributed by atoms with Crippen molar-refractivity contribution in [3.63, 3.8) is 0 Å². The van der Waals surface area contributed by atoms with Crippen LogP contribution in [0.5, 0.6) is 0 Å². The van der Waals surface area contributed by atoms with E-state index in [1.54, 1.807) is 0 Å². The van der Waals surface area contributed by atoms with Crippen LogP contribution in [-0.2, 0) is 11.3 Å². The van der Waals surface area contributed by atoms with Gasteiger partial charge in [0.2, 0.25) is 5.91 Å². The fourth-order valence-corrected chi connectivity index (χ4v) is 4.04. The lowest BCUT2D eigenvalue weighted by atomic mass is 9.96. The highest BCUT2D eigenvalue weighted by atomic mass is 16.1. The first-order valence-corrected chi connectivity index (χ1v) is 10.3. The van der Waals surface area contributed by atoms with E-state index in [0.29, 0.717) is 0 Å². The van der Waals surface area contributed by atoms with Crippen molar-refractivity contribution in [3.8, 4) is 11.1 Å². The lowest BCUT2D eigenvalue weighted by Crippen LogP contribution is -2.40. The number of piperidine rings is 1. The molecule has 1 fully saturated rings. The van der Waals surface area contributed by atoms with Crippen LogP contribution in [0.3, 0.4) is 0 Å². The highest BCUT2D eigenvalue weighted by Gasteiger charge is 2.26. The monoisotopic (exact) mass is 388 g/mol. The summed E-state index contributed by atoms with van der Waals surface area (Å²) >= 11 is 0.